The van der Waals surface area contributed by atoms with Gasteiger partial charge in [0.1, 0.15) is 59.1 Å². The summed E-state index contributed by atoms with van der Waals surface area (Å²) in [5.74, 6) is 2.36. The Balaban J connectivity index is 0.000000138. The van der Waals surface area contributed by atoms with E-state index in [1.807, 2.05) is 120 Å². The van der Waals surface area contributed by atoms with Gasteiger partial charge in [0, 0.05) is 135 Å². The lowest BCUT2D eigenvalue weighted by molar-refractivity contribution is -0.125. The number of carbonyl (C=O) groups is 3. The van der Waals surface area contributed by atoms with E-state index in [0.717, 1.165) is 130 Å². The van der Waals surface area contributed by atoms with Crippen LogP contribution in [-0.2, 0) is 14.4 Å². The van der Waals surface area contributed by atoms with Crippen LogP contribution >= 0.6 is 23.2 Å². The molecule has 3 aromatic carbocycles. The number of aromatic nitrogens is 9. The number of hydrogen-bond acceptors (Lipinski definition) is 16. The van der Waals surface area contributed by atoms with Crippen molar-refractivity contribution < 1.29 is 19.1 Å². The molecule has 24 heteroatoms. The summed E-state index contributed by atoms with van der Waals surface area (Å²) in [7, 11) is 9.86. The van der Waals surface area contributed by atoms with Gasteiger partial charge in [-0.2, -0.15) is 0 Å². The molecule has 5 fully saturated rings. The highest BCUT2D eigenvalue weighted by Gasteiger charge is 2.33. The van der Waals surface area contributed by atoms with Crippen LogP contribution in [0.4, 0.5) is 17.5 Å². The summed E-state index contributed by atoms with van der Waals surface area (Å²) in [5.41, 5.74) is 28.2. The van der Waals surface area contributed by atoms with E-state index < -0.39 is 0 Å². The van der Waals surface area contributed by atoms with E-state index in [1.54, 1.807) is 25.3 Å². The first kappa shape index (κ1) is 66.8. The van der Waals surface area contributed by atoms with Gasteiger partial charge in [0.05, 0.1) is 41.4 Å². The number of likely N-dealkylation sites (tertiary alicyclic amines) is 3. The summed E-state index contributed by atoms with van der Waals surface area (Å²) in [6, 6.07) is 23.2. The molecule has 0 unspecified atom stereocenters. The average Bonchev–Trinajstić information content (AvgIpc) is 1.62. The zero-order valence-electron chi connectivity index (χ0n) is 55.3. The predicted octanol–water partition coefficient (Wildman–Crippen LogP) is 10.4. The SMILES string of the molecule is CN(C)C/C=C/C(=O)N1CC[C@@H](n2cc(-c3ccc(Cl)cc3)c3c(N)ncnc32)C1.CN(C/C=C/C(=O)N1CC[C@@H](n2cc(-c3ccc(Cl)cc3)c3c(N)ncnc32)C1)C1CC1.COc1cc(-c2cn([C@@H]3CCN(C(=O)/C=C/CN(C)C4CC4)C3)c3ncnc(N)c23)ccc1C. The van der Waals surface area contributed by atoms with Crippen LogP contribution in [0.25, 0.3) is 66.5 Å². The molecule has 9 aromatic rings. The number of methoxy groups -OCH3 is 1. The topological polar surface area (TPSA) is 250 Å². The first-order valence-corrected chi connectivity index (χ1v) is 33.6. The van der Waals surface area contributed by atoms with Crippen molar-refractivity contribution in [3.63, 3.8) is 0 Å². The monoisotopic (exact) mass is 1330 g/mol. The van der Waals surface area contributed by atoms with Gasteiger partial charge in [-0.25, -0.2) is 29.9 Å². The fourth-order valence-corrected chi connectivity index (χ4v) is 13.5. The molecule has 6 N–H and O–H groups in total. The highest BCUT2D eigenvalue weighted by molar-refractivity contribution is 6.31. The molecule has 96 heavy (non-hydrogen) atoms. The molecule has 0 radical (unpaired) electrons. The lowest BCUT2D eigenvalue weighted by atomic mass is 10.0. The summed E-state index contributed by atoms with van der Waals surface area (Å²) in [5, 5.41) is 3.86. The number of nitrogen functional groups attached to an aromatic ring is 3. The van der Waals surface area contributed by atoms with Crippen LogP contribution in [0.5, 0.6) is 5.75 Å². The van der Waals surface area contributed by atoms with Crippen molar-refractivity contribution in [1.29, 1.82) is 0 Å². The Bertz CT molecular complexity index is 4380. The Morgan fingerprint density at radius 3 is 1.19 bits per heavy atom. The van der Waals surface area contributed by atoms with Crippen molar-refractivity contribution in [1.82, 2.24) is 73.0 Å². The maximum atomic E-state index is 12.8. The molecule has 14 rings (SSSR count). The normalized spacial score (nSPS) is 18.2. The molecular formula is C72H84Cl2N18O4. The molecule has 3 saturated heterocycles. The van der Waals surface area contributed by atoms with Crippen molar-refractivity contribution in [2.75, 3.05) is 111 Å². The Hall–Kier alpha value is -9.19. The van der Waals surface area contributed by atoms with Crippen molar-refractivity contribution in [2.45, 2.75) is 82.1 Å². The molecule has 3 atom stereocenters. The van der Waals surface area contributed by atoms with Crippen molar-refractivity contribution in [3.8, 4) is 39.1 Å². The Kier molecular flexibility index (Phi) is 20.5. The number of ether oxygens (including phenoxy) is 1. The van der Waals surface area contributed by atoms with E-state index in [4.69, 9.17) is 45.1 Å². The highest BCUT2D eigenvalue weighted by atomic mass is 35.5. The smallest absolute Gasteiger partial charge is 0.246 e. The molecule has 22 nitrogen and oxygen atoms in total. The van der Waals surface area contributed by atoms with E-state index in [2.05, 4.69) is 92.2 Å². The second kappa shape index (κ2) is 29.4. The zero-order valence-corrected chi connectivity index (χ0v) is 56.8. The van der Waals surface area contributed by atoms with E-state index in [1.165, 1.54) is 44.7 Å². The summed E-state index contributed by atoms with van der Waals surface area (Å²) < 4.78 is 12.0. The largest absolute Gasteiger partial charge is 0.496 e. The summed E-state index contributed by atoms with van der Waals surface area (Å²) in [6.45, 7) is 8.49. The van der Waals surface area contributed by atoms with Gasteiger partial charge in [-0.3, -0.25) is 24.2 Å². The molecule has 0 spiro atoms. The lowest BCUT2D eigenvalue weighted by Gasteiger charge is -2.16. The number of nitrogens with zero attached hydrogens (tertiary/aromatic N) is 15. The third-order valence-corrected chi connectivity index (χ3v) is 19.4. The van der Waals surface area contributed by atoms with Crippen molar-refractivity contribution in [3.05, 3.63) is 156 Å². The zero-order chi connectivity index (χ0) is 67.3. The molecule has 2 aliphatic carbocycles. The number of benzene rings is 3. The van der Waals surface area contributed by atoms with Gasteiger partial charge < -0.3 is 55.2 Å². The third-order valence-electron chi connectivity index (χ3n) is 18.9. The number of likely N-dealkylation sites (N-methyl/N-ethyl adjacent to an activating group) is 3. The Morgan fingerprint density at radius 2 is 0.844 bits per heavy atom. The molecule has 2 saturated carbocycles. The lowest BCUT2D eigenvalue weighted by Crippen LogP contribution is -2.28. The fourth-order valence-electron chi connectivity index (χ4n) is 13.2. The van der Waals surface area contributed by atoms with Crippen molar-refractivity contribution >= 4 is 91.5 Å². The molecule has 3 aliphatic heterocycles. The maximum Gasteiger partial charge on any atom is 0.246 e. The molecule has 3 amide bonds. The second-order valence-corrected chi connectivity index (χ2v) is 26.8. The van der Waals surface area contributed by atoms with Gasteiger partial charge in [-0.1, -0.05) is 77.8 Å². The van der Waals surface area contributed by atoms with Gasteiger partial charge in [0.15, 0.2) is 0 Å². The first-order valence-electron chi connectivity index (χ1n) is 32.8. The number of fused-ring (bicyclic) bond motifs is 3. The minimum Gasteiger partial charge on any atom is -0.496 e. The van der Waals surface area contributed by atoms with Gasteiger partial charge in [-0.15, -0.1) is 0 Å². The van der Waals surface area contributed by atoms with Gasteiger partial charge in [0.2, 0.25) is 17.7 Å². The quantitative estimate of drug-likeness (QED) is 0.0676. The maximum absolute atomic E-state index is 12.8. The predicted molar refractivity (Wildman–Crippen MR) is 381 cm³/mol. The van der Waals surface area contributed by atoms with Crippen LogP contribution in [0.2, 0.25) is 10.0 Å². The second-order valence-electron chi connectivity index (χ2n) is 25.9. The van der Waals surface area contributed by atoms with Crippen LogP contribution in [0.3, 0.4) is 0 Å². The number of aryl methyl sites for hydroxylation is 1. The van der Waals surface area contributed by atoms with E-state index in [0.29, 0.717) is 65.8 Å². The van der Waals surface area contributed by atoms with Gasteiger partial charge in [0.25, 0.3) is 0 Å². The van der Waals surface area contributed by atoms with E-state index >= 15 is 0 Å². The number of amides is 3. The molecule has 6 aromatic heterocycles. The Morgan fingerprint density at radius 1 is 0.500 bits per heavy atom. The molecule has 5 aliphatic rings. The molecular weight excluding hydrogens is 1250 g/mol. The number of nitrogens with two attached hydrogens (primary N) is 3. The van der Waals surface area contributed by atoms with Crippen LogP contribution in [0.1, 0.15) is 68.6 Å². The minimum atomic E-state index is 0.0443. The molecule has 500 valence electrons. The van der Waals surface area contributed by atoms with E-state index in [9.17, 15) is 14.4 Å². The Labute approximate surface area is 569 Å². The molecule has 9 heterocycles. The summed E-state index contributed by atoms with van der Waals surface area (Å²) in [4.78, 5) is 76.6. The third kappa shape index (κ3) is 15.1. The van der Waals surface area contributed by atoms with Crippen molar-refractivity contribution in [2.24, 2.45) is 0 Å². The number of halogens is 2. The first-order chi connectivity index (χ1) is 46.4. The number of hydrogen-bond donors (Lipinski definition) is 3. The minimum absolute atomic E-state index is 0.0443. The number of rotatable bonds is 18. The fraction of sp³-hybridized carbons (Fsp3) is 0.375. The number of carbonyl (C=O) groups excluding carboxylic acids is 3. The standard InChI is InChI=1S/C26H32N6O2.C24H27ClN6O.C22H25ClN6O/c1-17-6-7-18(13-22(17)34-3)21-15-32(26-24(21)25(27)28-16-29-26)20-10-12-31(14-20)23(33)5-4-11-30(2)19-8-9-19;1-29(18-8-9-18)11-2-3-21(32)30-12-10-19(13-30)31-14-20(16-4-6-17(25)7-5-16)22-23(26)27-15-28-24(22)31;1-27(2)10-3-4-19(30)28-11-9-17(12-28)29-13-18(15-5-7-16(23)8-6-15)20-21(24)25-14-26-22(20)29/h4-7,13,15-16,19-20H,8-12,14H2,1-3H3,(H2,27,28,29);2-7,14-15,18-19H,8-13H2,1H3,(H2,26,27,28);3-8,13-14,17H,9-12H2,1-2H3,(H2,24,25,26)/b5-4+;3-2+;4-3+/t20-;19-;17-/m111/s1. The average molecular weight is 1340 g/mol. The highest BCUT2D eigenvalue weighted by Crippen LogP contribution is 2.41. The summed E-state index contributed by atoms with van der Waals surface area (Å²) >= 11 is 12.1. The van der Waals surface area contributed by atoms with Crippen LogP contribution in [0.15, 0.2) is 141 Å². The van der Waals surface area contributed by atoms with Crippen LogP contribution in [0, 0.1) is 6.92 Å². The van der Waals surface area contributed by atoms with Crippen LogP contribution < -0.4 is 21.9 Å². The number of anilines is 3. The molecule has 0 bridgehead atoms. The van der Waals surface area contributed by atoms with Gasteiger partial charge >= 0.3 is 0 Å². The van der Waals surface area contributed by atoms with Crippen LogP contribution in [-0.4, -0.2) is 197 Å². The summed E-state index contributed by atoms with van der Waals surface area (Å²) in [6.07, 6.45) is 29.4. The van der Waals surface area contributed by atoms with Gasteiger partial charge in [-0.05, 0) is 133 Å². The van der Waals surface area contributed by atoms with E-state index in [-0.39, 0.29) is 35.8 Å².